The first-order chi connectivity index (χ1) is 6.63. The Morgan fingerprint density at radius 1 is 1.79 bits per heavy atom. The van der Waals surface area contributed by atoms with Crippen LogP contribution in [0.5, 0.6) is 0 Å². The number of hydrogen-bond donors (Lipinski definition) is 2. The van der Waals surface area contributed by atoms with Gasteiger partial charge in [0.15, 0.2) is 0 Å². The molecule has 1 atom stereocenters. The first-order valence-electron chi connectivity index (χ1n) is 4.06. The Kier molecular flexibility index (Phi) is 3.35. The normalized spacial score (nSPS) is 12.4. The molecular weight excluding hydrogens is 186 g/mol. The Morgan fingerprint density at radius 3 is 3.07 bits per heavy atom. The fourth-order valence-electron chi connectivity index (χ4n) is 1.01. The fourth-order valence-corrected chi connectivity index (χ4v) is 1.01. The van der Waals surface area contributed by atoms with Gasteiger partial charge in [0.05, 0.1) is 18.6 Å². The number of carbonyl (C=O) groups excluding carboxylic acids is 1. The van der Waals surface area contributed by atoms with Crippen molar-refractivity contribution in [3.63, 3.8) is 0 Å². The molecule has 0 amide bonds. The Bertz CT molecular complexity index is 334. The summed E-state index contributed by atoms with van der Waals surface area (Å²) in [6.07, 6.45) is 3.99. The molecule has 0 aliphatic rings. The summed E-state index contributed by atoms with van der Waals surface area (Å²) in [5, 5.41) is 8.54. The van der Waals surface area contributed by atoms with Crippen molar-refractivity contribution in [2.75, 3.05) is 0 Å². The molecule has 1 rings (SSSR count). The third-order valence-corrected chi connectivity index (χ3v) is 1.72. The molecule has 0 unspecified atom stereocenters. The molecule has 3 N–H and O–H groups in total. The van der Waals surface area contributed by atoms with Crippen LogP contribution in [0.3, 0.4) is 0 Å². The second-order valence-corrected chi connectivity index (χ2v) is 2.88. The number of imidazole rings is 1. The first kappa shape index (κ1) is 10.4. The van der Waals surface area contributed by atoms with Crippen LogP contribution in [0.1, 0.15) is 5.69 Å². The summed E-state index contributed by atoms with van der Waals surface area (Å²) < 4.78 is 1.57. The van der Waals surface area contributed by atoms with Crippen LogP contribution >= 0.6 is 0 Å². The predicted octanol–water partition coefficient (Wildman–Crippen LogP) is -0.964. The number of hydrogen-bond acceptors (Lipinski definition) is 4. The van der Waals surface area contributed by atoms with E-state index in [9.17, 15) is 9.59 Å². The molecule has 6 heteroatoms. The summed E-state index contributed by atoms with van der Waals surface area (Å²) in [5.74, 6) is -1.06. The van der Waals surface area contributed by atoms with Crippen LogP contribution < -0.4 is 5.73 Å². The molecule has 76 valence electrons. The summed E-state index contributed by atoms with van der Waals surface area (Å²) in [5.41, 5.74) is 5.88. The van der Waals surface area contributed by atoms with E-state index in [1.54, 1.807) is 10.8 Å². The van der Waals surface area contributed by atoms with E-state index in [0.717, 1.165) is 6.29 Å². The summed E-state index contributed by atoms with van der Waals surface area (Å²) in [6, 6.07) is -0.949. The largest absolute Gasteiger partial charge is 0.480 e. The van der Waals surface area contributed by atoms with E-state index in [0.29, 0.717) is 5.69 Å². The number of nitrogens with zero attached hydrogens (tertiary/aromatic N) is 2. The molecule has 6 nitrogen and oxygen atoms in total. The van der Waals surface area contributed by atoms with E-state index >= 15 is 0 Å². The van der Waals surface area contributed by atoms with Gasteiger partial charge < -0.3 is 20.2 Å². The molecule has 0 radical (unpaired) electrons. The van der Waals surface area contributed by atoms with Gasteiger partial charge in [-0.3, -0.25) is 4.79 Å². The van der Waals surface area contributed by atoms with E-state index in [-0.39, 0.29) is 13.0 Å². The van der Waals surface area contributed by atoms with Crippen LogP contribution in [0.25, 0.3) is 0 Å². The highest BCUT2D eigenvalue weighted by Crippen LogP contribution is 1.99. The Labute approximate surface area is 80.4 Å². The number of aldehydes is 1. The quantitative estimate of drug-likeness (QED) is 0.592. The zero-order valence-corrected chi connectivity index (χ0v) is 7.46. The SMILES string of the molecule is N[C@@H](Cc1cn(CC=O)cn1)C(=O)O. The fraction of sp³-hybridized carbons (Fsp3) is 0.375. The highest BCUT2D eigenvalue weighted by molar-refractivity contribution is 5.73. The lowest BCUT2D eigenvalue weighted by atomic mass is 10.2. The van der Waals surface area contributed by atoms with Crippen molar-refractivity contribution in [2.45, 2.75) is 19.0 Å². The lowest BCUT2D eigenvalue weighted by Crippen LogP contribution is -2.32. The predicted molar refractivity (Wildman–Crippen MR) is 47.6 cm³/mol. The van der Waals surface area contributed by atoms with Gasteiger partial charge in [0.25, 0.3) is 0 Å². The lowest BCUT2D eigenvalue weighted by Gasteiger charge is -2.01. The van der Waals surface area contributed by atoms with E-state index in [4.69, 9.17) is 10.8 Å². The minimum atomic E-state index is -1.06. The number of nitrogens with two attached hydrogens (primary N) is 1. The van der Waals surface area contributed by atoms with Crippen LogP contribution in [0.2, 0.25) is 0 Å². The maximum Gasteiger partial charge on any atom is 0.320 e. The zero-order chi connectivity index (χ0) is 10.6. The van der Waals surface area contributed by atoms with Crippen molar-refractivity contribution < 1.29 is 14.7 Å². The number of carbonyl (C=O) groups is 2. The highest BCUT2D eigenvalue weighted by atomic mass is 16.4. The van der Waals surface area contributed by atoms with Crippen LogP contribution in [-0.4, -0.2) is 33.0 Å². The lowest BCUT2D eigenvalue weighted by molar-refractivity contribution is -0.138. The number of aromatic nitrogens is 2. The van der Waals surface area contributed by atoms with Crippen LogP contribution in [-0.2, 0) is 22.6 Å². The van der Waals surface area contributed by atoms with E-state index < -0.39 is 12.0 Å². The molecule has 0 fully saturated rings. The second-order valence-electron chi connectivity index (χ2n) is 2.88. The Hall–Kier alpha value is -1.69. The number of rotatable bonds is 5. The third-order valence-electron chi connectivity index (χ3n) is 1.72. The first-order valence-corrected chi connectivity index (χ1v) is 4.06. The van der Waals surface area contributed by atoms with Crippen molar-refractivity contribution in [3.8, 4) is 0 Å². The van der Waals surface area contributed by atoms with Crippen molar-refractivity contribution >= 4 is 12.3 Å². The molecule has 0 aliphatic carbocycles. The average Bonchev–Trinajstić information content (AvgIpc) is 2.53. The van der Waals surface area contributed by atoms with Gasteiger partial charge >= 0.3 is 5.97 Å². The maximum atomic E-state index is 10.4. The van der Waals surface area contributed by atoms with Gasteiger partial charge in [0, 0.05) is 12.6 Å². The van der Waals surface area contributed by atoms with E-state index in [1.165, 1.54) is 6.33 Å². The molecule has 1 aromatic rings. The van der Waals surface area contributed by atoms with Gasteiger partial charge in [-0.05, 0) is 0 Å². The van der Waals surface area contributed by atoms with Crippen LogP contribution in [0, 0.1) is 0 Å². The minimum Gasteiger partial charge on any atom is -0.480 e. The van der Waals surface area contributed by atoms with Gasteiger partial charge in [-0.1, -0.05) is 0 Å². The zero-order valence-electron chi connectivity index (χ0n) is 7.46. The molecule has 0 saturated carbocycles. The summed E-state index contributed by atoms with van der Waals surface area (Å²) in [6.45, 7) is 0.218. The summed E-state index contributed by atoms with van der Waals surface area (Å²) in [4.78, 5) is 24.5. The topological polar surface area (TPSA) is 98.2 Å². The number of carboxylic acids is 1. The van der Waals surface area contributed by atoms with Crippen molar-refractivity contribution in [3.05, 3.63) is 18.2 Å². The molecular formula is C8H11N3O3. The maximum absolute atomic E-state index is 10.4. The van der Waals surface area contributed by atoms with Crippen molar-refractivity contribution in [2.24, 2.45) is 5.73 Å². The number of aliphatic carboxylic acids is 1. The summed E-state index contributed by atoms with van der Waals surface area (Å²) >= 11 is 0. The van der Waals surface area contributed by atoms with Crippen molar-refractivity contribution in [1.29, 1.82) is 0 Å². The molecule has 0 aromatic carbocycles. The number of carboxylic acid groups (broad SMARTS) is 1. The molecule has 0 spiro atoms. The smallest absolute Gasteiger partial charge is 0.320 e. The molecule has 1 heterocycles. The van der Waals surface area contributed by atoms with Crippen LogP contribution in [0.15, 0.2) is 12.5 Å². The van der Waals surface area contributed by atoms with Gasteiger partial charge in [-0.25, -0.2) is 4.98 Å². The Balaban J connectivity index is 2.59. The van der Waals surface area contributed by atoms with Gasteiger partial charge in [-0.15, -0.1) is 0 Å². The minimum absolute atomic E-state index is 0.168. The molecule has 0 saturated heterocycles. The van der Waals surface area contributed by atoms with Gasteiger partial charge in [-0.2, -0.15) is 0 Å². The van der Waals surface area contributed by atoms with E-state index in [1.807, 2.05) is 0 Å². The van der Waals surface area contributed by atoms with Crippen molar-refractivity contribution in [1.82, 2.24) is 9.55 Å². The Morgan fingerprint density at radius 2 is 2.50 bits per heavy atom. The van der Waals surface area contributed by atoms with Crippen LogP contribution in [0.4, 0.5) is 0 Å². The van der Waals surface area contributed by atoms with E-state index in [2.05, 4.69) is 4.98 Å². The standard InChI is InChI=1S/C8H11N3O3/c9-7(8(13)14)3-6-4-11(1-2-12)5-10-6/h2,4-5,7H,1,3,9H2,(H,13,14)/t7-/m0/s1. The molecule has 14 heavy (non-hydrogen) atoms. The summed E-state index contributed by atoms with van der Waals surface area (Å²) in [7, 11) is 0. The molecule has 1 aromatic heterocycles. The monoisotopic (exact) mass is 197 g/mol. The highest BCUT2D eigenvalue weighted by Gasteiger charge is 2.13. The van der Waals surface area contributed by atoms with Gasteiger partial charge in [0.2, 0.25) is 0 Å². The second kappa shape index (κ2) is 4.52. The average molecular weight is 197 g/mol. The molecule has 0 bridgehead atoms. The molecule has 0 aliphatic heterocycles. The third kappa shape index (κ3) is 2.67. The van der Waals surface area contributed by atoms with Gasteiger partial charge in [0.1, 0.15) is 12.3 Å².